The second-order valence-electron chi connectivity index (χ2n) is 9.56. The van der Waals surface area contributed by atoms with Crippen molar-refractivity contribution in [3.05, 3.63) is 75.2 Å². The first-order valence-electron chi connectivity index (χ1n) is 12.2. The Morgan fingerprint density at radius 1 is 1.07 bits per heavy atom. The Hall–Kier alpha value is -3.93. The van der Waals surface area contributed by atoms with Gasteiger partial charge in [-0.15, -0.1) is 0 Å². The monoisotopic (exact) mass is 579 g/mol. The fourth-order valence-corrected chi connectivity index (χ4v) is 5.37. The zero-order chi connectivity index (χ0) is 29.0. The molecule has 0 radical (unpaired) electrons. The van der Waals surface area contributed by atoms with Crippen LogP contribution in [0.25, 0.3) is 11.3 Å². The molecule has 2 aromatic carbocycles. The highest BCUT2D eigenvalue weighted by Crippen LogP contribution is 2.60. The van der Waals surface area contributed by atoms with Crippen molar-refractivity contribution in [3.8, 4) is 11.3 Å². The van der Waals surface area contributed by atoms with E-state index in [0.29, 0.717) is 5.56 Å². The maximum atomic E-state index is 15.2. The van der Waals surface area contributed by atoms with Gasteiger partial charge in [-0.05, 0) is 49.1 Å². The highest BCUT2D eigenvalue weighted by molar-refractivity contribution is 6.34. The van der Waals surface area contributed by atoms with Crippen molar-refractivity contribution >= 4 is 29.6 Å². The average Bonchev–Trinajstić information content (AvgIpc) is 3.68. The van der Waals surface area contributed by atoms with Crippen LogP contribution in [0, 0.1) is 5.82 Å². The van der Waals surface area contributed by atoms with Crippen molar-refractivity contribution in [2.45, 2.75) is 37.4 Å². The van der Waals surface area contributed by atoms with Crippen LogP contribution in [0.15, 0.2) is 36.4 Å². The van der Waals surface area contributed by atoms with E-state index >= 15 is 4.39 Å². The third kappa shape index (κ3) is 4.40. The van der Waals surface area contributed by atoms with Crippen LogP contribution in [0.5, 0.6) is 0 Å². The van der Waals surface area contributed by atoms with Gasteiger partial charge in [0.15, 0.2) is 0 Å². The molecule has 0 unspecified atom stereocenters. The van der Waals surface area contributed by atoms with Gasteiger partial charge in [0.05, 0.1) is 53.7 Å². The average molecular weight is 580 g/mol. The minimum Gasteiger partial charge on any atom is -0.465 e. The standard InChI is InChI=1S/C27H22ClF4N3O5/c1-39-24(37)14-6-7-15(19(29)12-14)22-16-8-11-34(25(38)40-2)13-20(16)35(33-22)23(36)21-17(4-3-5-18(21)28)26(9-10-26)27(30,31)32/h3-7,12H,8-11,13H2,1-2H3. The first-order chi connectivity index (χ1) is 18.9. The molecule has 1 fully saturated rings. The first-order valence-corrected chi connectivity index (χ1v) is 12.5. The summed E-state index contributed by atoms with van der Waals surface area (Å²) in [6, 6.07) is 7.48. The van der Waals surface area contributed by atoms with Gasteiger partial charge >= 0.3 is 18.2 Å². The number of rotatable bonds is 4. The molecular weight excluding hydrogens is 558 g/mol. The quantitative estimate of drug-likeness (QED) is 0.298. The number of benzene rings is 2. The van der Waals surface area contributed by atoms with Gasteiger partial charge in [-0.25, -0.2) is 14.0 Å². The summed E-state index contributed by atoms with van der Waals surface area (Å²) in [6.45, 7) is -0.0181. The van der Waals surface area contributed by atoms with Gasteiger partial charge in [-0.3, -0.25) is 4.79 Å². The van der Waals surface area contributed by atoms with E-state index in [1.165, 1.54) is 42.3 Å². The second-order valence-corrected chi connectivity index (χ2v) is 9.97. The highest BCUT2D eigenvalue weighted by Gasteiger charge is 2.65. The molecule has 1 aliphatic heterocycles. The Kier molecular flexibility index (Phi) is 6.85. The Morgan fingerprint density at radius 3 is 2.40 bits per heavy atom. The number of nitrogens with zero attached hydrogens (tertiary/aromatic N) is 3. The third-order valence-electron chi connectivity index (χ3n) is 7.37. The summed E-state index contributed by atoms with van der Waals surface area (Å²) in [7, 11) is 2.34. The van der Waals surface area contributed by atoms with E-state index in [-0.39, 0.29) is 71.0 Å². The molecule has 1 saturated carbocycles. The molecule has 3 aromatic rings. The van der Waals surface area contributed by atoms with Gasteiger partial charge < -0.3 is 14.4 Å². The largest absolute Gasteiger partial charge is 0.465 e. The van der Waals surface area contributed by atoms with E-state index in [4.69, 9.17) is 16.3 Å². The summed E-state index contributed by atoms with van der Waals surface area (Å²) in [5, 5.41) is 4.16. The van der Waals surface area contributed by atoms with E-state index in [1.54, 1.807) is 0 Å². The van der Waals surface area contributed by atoms with E-state index in [2.05, 4.69) is 9.84 Å². The Balaban J connectivity index is 1.68. The fourth-order valence-electron chi connectivity index (χ4n) is 5.11. The summed E-state index contributed by atoms with van der Waals surface area (Å²) < 4.78 is 67.8. The number of hydrogen-bond donors (Lipinski definition) is 0. The maximum Gasteiger partial charge on any atom is 0.409 e. The molecule has 1 aromatic heterocycles. The lowest BCUT2D eigenvalue weighted by Crippen LogP contribution is -2.37. The van der Waals surface area contributed by atoms with Crippen LogP contribution >= 0.6 is 11.6 Å². The predicted molar refractivity (Wildman–Crippen MR) is 134 cm³/mol. The minimum atomic E-state index is -4.62. The zero-order valence-corrected chi connectivity index (χ0v) is 22.0. The number of esters is 1. The molecular formula is C27H22ClF4N3O5. The van der Waals surface area contributed by atoms with Crippen molar-refractivity contribution in [1.82, 2.24) is 14.7 Å². The van der Waals surface area contributed by atoms with Crippen LogP contribution in [0.3, 0.4) is 0 Å². The SMILES string of the molecule is COC(=O)c1ccc(-c2nn(C(=O)c3c(Cl)cccc3C3(C(F)(F)F)CC3)c3c2CCN(C(=O)OC)C3)c(F)c1. The van der Waals surface area contributed by atoms with Crippen LogP contribution in [0.4, 0.5) is 22.4 Å². The van der Waals surface area contributed by atoms with Gasteiger partial charge in [0.2, 0.25) is 0 Å². The summed E-state index contributed by atoms with van der Waals surface area (Å²) in [4.78, 5) is 39.4. The van der Waals surface area contributed by atoms with Crippen molar-refractivity contribution in [1.29, 1.82) is 0 Å². The van der Waals surface area contributed by atoms with Gasteiger partial charge in [-0.1, -0.05) is 23.7 Å². The van der Waals surface area contributed by atoms with E-state index in [0.717, 1.165) is 17.9 Å². The number of amides is 1. The normalized spacial score (nSPS) is 15.8. The van der Waals surface area contributed by atoms with E-state index in [1.807, 2.05) is 0 Å². The minimum absolute atomic E-state index is 0.0460. The van der Waals surface area contributed by atoms with Gasteiger partial charge in [0.1, 0.15) is 5.82 Å². The molecule has 0 N–H and O–H groups in total. The molecule has 0 bridgehead atoms. The highest BCUT2D eigenvalue weighted by atomic mass is 35.5. The first kappa shape index (κ1) is 27.6. The molecule has 0 saturated heterocycles. The third-order valence-corrected chi connectivity index (χ3v) is 7.68. The van der Waals surface area contributed by atoms with Gasteiger partial charge in [0, 0.05) is 17.7 Å². The number of ether oxygens (including phenoxy) is 2. The fraction of sp³-hybridized carbons (Fsp3) is 0.333. The lowest BCUT2D eigenvalue weighted by atomic mass is 9.90. The van der Waals surface area contributed by atoms with Crippen LogP contribution in [-0.4, -0.2) is 59.6 Å². The Bertz CT molecular complexity index is 1550. The maximum absolute atomic E-state index is 15.2. The zero-order valence-electron chi connectivity index (χ0n) is 21.3. The number of methoxy groups -OCH3 is 2. The number of hydrogen-bond acceptors (Lipinski definition) is 6. The lowest BCUT2D eigenvalue weighted by Gasteiger charge is -2.27. The molecule has 0 spiro atoms. The topological polar surface area (TPSA) is 90.7 Å². The number of halogens is 5. The molecule has 1 amide bonds. The molecule has 8 nitrogen and oxygen atoms in total. The number of aromatic nitrogens is 2. The number of carbonyl (C=O) groups excluding carboxylic acids is 3. The number of carbonyl (C=O) groups is 3. The number of alkyl halides is 3. The summed E-state index contributed by atoms with van der Waals surface area (Å²) in [5.74, 6) is -2.53. The van der Waals surface area contributed by atoms with Crippen LogP contribution in [0.2, 0.25) is 5.02 Å². The summed E-state index contributed by atoms with van der Waals surface area (Å²) in [6.07, 6.45) is -5.56. The summed E-state index contributed by atoms with van der Waals surface area (Å²) >= 11 is 6.34. The molecule has 5 rings (SSSR count). The van der Waals surface area contributed by atoms with E-state index in [9.17, 15) is 27.6 Å². The molecule has 40 heavy (non-hydrogen) atoms. The molecule has 2 aliphatic rings. The number of fused-ring (bicyclic) bond motifs is 1. The van der Waals surface area contributed by atoms with Crippen molar-refractivity contribution < 1.29 is 41.4 Å². The van der Waals surface area contributed by atoms with Crippen LogP contribution < -0.4 is 0 Å². The predicted octanol–water partition coefficient (Wildman–Crippen LogP) is 5.54. The molecule has 1 aliphatic carbocycles. The smallest absolute Gasteiger partial charge is 0.409 e. The van der Waals surface area contributed by atoms with Crippen LogP contribution in [-0.2, 0) is 27.9 Å². The van der Waals surface area contributed by atoms with Crippen molar-refractivity contribution in [2.75, 3.05) is 20.8 Å². The molecule has 2 heterocycles. The van der Waals surface area contributed by atoms with E-state index < -0.39 is 35.4 Å². The van der Waals surface area contributed by atoms with Crippen LogP contribution in [0.1, 0.15) is 50.4 Å². The van der Waals surface area contributed by atoms with Crippen molar-refractivity contribution in [2.24, 2.45) is 0 Å². The van der Waals surface area contributed by atoms with Gasteiger partial charge in [0.25, 0.3) is 5.91 Å². The molecule has 210 valence electrons. The Labute approximate surface area is 230 Å². The van der Waals surface area contributed by atoms with Crippen molar-refractivity contribution in [3.63, 3.8) is 0 Å². The lowest BCUT2D eigenvalue weighted by molar-refractivity contribution is -0.160. The Morgan fingerprint density at radius 2 is 1.80 bits per heavy atom. The van der Waals surface area contributed by atoms with Gasteiger partial charge in [-0.2, -0.15) is 23.0 Å². The summed E-state index contributed by atoms with van der Waals surface area (Å²) in [5.41, 5.74) is -2.30. The molecule has 13 heteroatoms. The second kappa shape index (κ2) is 9.92. The molecule has 0 atom stereocenters.